The molecule has 2 saturated heterocycles. The maximum absolute atomic E-state index is 18.1. The average molecular weight is 1000 g/mol. The zero-order valence-electron chi connectivity index (χ0n) is 42.8. The van der Waals surface area contributed by atoms with E-state index >= 15 is 22.0 Å². The summed E-state index contributed by atoms with van der Waals surface area (Å²) in [6.07, 6.45) is -4.16. The number of pyridine rings is 1. The number of methoxy groups -OCH3 is 2. The second kappa shape index (κ2) is 18.7. The quantitative estimate of drug-likeness (QED) is 0.0779. The molecule has 5 heterocycles. The van der Waals surface area contributed by atoms with Crippen molar-refractivity contribution < 1.29 is 50.4 Å². The number of rotatable bonds is 14. The molecule has 4 aliphatic rings. The molecule has 1 saturated carbocycles. The largest absolute Gasteiger partial charge is 0.497 e. The summed E-state index contributed by atoms with van der Waals surface area (Å²) in [5.74, 6) is -1.18. The number of aromatic nitrogens is 3. The number of alkyl halides is 3. The molecule has 0 bridgehead atoms. The number of hydrogen-bond donors (Lipinski definition) is 0. The van der Waals surface area contributed by atoms with Crippen LogP contribution in [0.4, 0.5) is 38.3 Å². The van der Waals surface area contributed by atoms with Crippen LogP contribution in [-0.2, 0) is 24.0 Å². The van der Waals surface area contributed by atoms with Gasteiger partial charge in [0.15, 0.2) is 5.82 Å². The number of hydrogen-bond acceptors (Lipinski definition) is 12. The van der Waals surface area contributed by atoms with Crippen molar-refractivity contribution in [2.24, 2.45) is 5.41 Å². The second-order valence-corrected chi connectivity index (χ2v) is 21.6. The molecule has 3 fully saturated rings. The molecule has 9 rings (SSSR count). The number of carbonyl (C=O) groups excluding carboxylic acids is 1. The van der Waals surface area contributed by atoms with Crippen molar-refractivity contribution in [2.45, 2.75) is 136 Å². The molecule has 0 N–H and O–H groups in total. The van der Waals surface area contributed by atoms with Gasteiger partial charge in [-0.3, -0.25) is 9.80 Å². The van der Waals surface area contributed by atoms with E-state index < -0.39 is 76.1 Å². The highest BCUT2D eigenvalue weighted by Crippen LogP contribution is 2.51. The van der Waals surface area contributed by atoms with Gasteiger partial charge in [-0.15, -0.1) is 0 Å². The van der Waals surface area contributed by atoms with Gasteiger partial charge in [-0.05, 0) is 122 Å². The topological polar surface area (TPSA) is 115 Å². The van der Waals surface area contributed by atoms with Crippen molar-refractivity contribution in [1.29, 1.82) is 0 Å². The standard InChI is InChI=1S/C54H64F5N7O6/c1-12-35-26-65-46(31(3)66(35)50(67)72-51(5,6)7)32(4)71-48-40-45(61-49(62-47(40)65)70-29-53(21-22-53)28-64-27-52(64,8)9)43(56)44(60-48)38-23-39(42(55)30(2)41(38)54(57,58)59)63(24-33-13-17-36(68-10)18-14-33)25-34-15-19-37(69-11)20-16-34/h13-20,23,31-32,35,46H,12,21-22,24-29H2,1-11H3/t31-,32-,35+,46-,64?/m0/s1. The van der Waals surface area contributed by atoms with Gasteiger partial charge in [0.1, 0.15) is 51.4 Å². The molecule has 1 aliphatic carbocycles. The van der Waals surface area contributed by atoms with E-state index in [0.29, 0.717) is 29.0 Å². The van der Waals surface area contributed by atoms with Crippen LogP contribution in [0.15, 0.2) is 54.6 Å². The third-order valence-corrected chi connectivity index (χ3v) is 14.7. The molecule has 1 amide bonds. The Morgan fingerprint density at radius 1 is 0.903 bits per heavy atom. The van der Waals surface area contributed by atoms with Gasteiger partial charge in [0.05, 0.1) is 50.2 Å². The van der Waals surface area contributed by atoms with Crippen molar-refractivity contribution in [3.63, 3.8) is 0 Å². The first-order valence-corrected chi connectivity index (χ1v) is 24.6. The number of ether oxygens (including phenoxy) is 5. The predicted molar refractivity (Wildman–Crippen MR) is 264 cm³/mol. The Morgan fingerprint density at radius 3 is 2.01 bits per heavy atom. The third-order valence-electron chi connectivity index (χ3n) is 14.7. The monoisotopic (exact) mass is 1000 g/mol. The van der Waals surface area contributed by atoms with Gasteiger partial charge in [0.25, 0.3) is 0 Å². The highest BCUT2D eigenvalue weighted by Gasteiger charge is 2.53. The lowest BCUT2D eigenvalue weighted by molar-refractivity contribution is -0.137. The lowest BCUT2D eigenvalue weighted by Gasteiger charge is -2.51. The fraction of sp³-hybridized carbons (Fsp3) is 0.519. The Morgan fingerprint density at radius 2 is 1.50 bits per heavy atom. The van der Waals surface area contributed by atoms with Gasteiger partial charge < -0.3 is 33.5 Å². The van der Waals surface area contributed by atoms with Crippen molar-refractivity contribution in [3.8, 4) is 34.6 Å². The molecule has 3 aromatic carbocycles. The third kappa shape index (κ3) is 9.86. The minimum Gasteiger partial charge on any atom is -0.497 e. The molecular formula is C54H64F5N7O6. The van der Waals surface area contributed by atoms with E-state index in [9.17, 15) is 4.79 Å². The van der Waals surface area contributed by atoms with E-state index in [1.54, 1.807) is 86.0 Å². The van der Waals surface area contributed by atoms with Gasteiger partial charge in [0.2, 0.25) is 5.88 Å². The summed E-state index contributed by atoms with van der Waals surface area (Å²) >= 11 is 0. The Balaban J connectivity index is 1.22. The number of amides is 1. The molecule has 13 nitrogen and oxygen atoms in total. The van der Waals surface area contributed by atoms with E-state index in [2.05, 4.69) is 28.7 Å². The summed E-state index contributed by atoms with van der Waals surface area (Å²) in [5.41, 5.74) is -3.70. The molecular weight excluding hydrogens is 938 g/mol. The van der Waals surface area contributed by atoms with E-state index in [1.807, 2.05) is 18.7 Å². The Labute approximate surface area is 417 Å². The number of piperazine rings is 1. The summed E-state index contributed by atoms with van der Waals surface area (Å²) in [6.45, 7) is 18.6. The van der Waals surface area contributed by atoms with Crippen LogP contribution >= 0.6 is 0 Å². The fourth-order valence-corrected chi connectivity index (χ4v) is 10.4. The van der Waals surface area contributed by atoms with Crippen LogP contribution in [-0.4, -0.2) is 107 Å². The van der Waals surface area contributed by atoms with Crippen LogP contribution in [0.3, 0.4) is 0 Å². The van der Waals surface area contributed by atoms with Gasteiger partial charge in [-0.1, -0.05) is 31.2 Å². The van der Waals surface area contributed by atoms with Crippen LogP contribution in [0.2, 0.25) is 0 Å². The van der Waals surface area contributed by atoms with Crippen molar-refractivity contribution in [2.75, 3.05) is 50.3 Å². The maximum Gasteiger partial charge on any atom is 0.417 e. The number of carbonyl (C=O) groups is 1. The number of anilines is 2. The highest BCUT2D eigenvalue weighted by atomic mass is 19.4. The SMILES string of the molecule is CC[C@@H]1CN2c3nc(OCC4(CN5CC5(C)C)CC4)nc4c(F)c(-c5cc(N(Cc6ccc(OC)cc6)Cc6ccc(OC)cc6)c(F)c(C)c5C(F)(F)F)nc(c34)O[C@@H](C)[C@@H]2[C@H](C)N1C(=O)OC(C)(C)C. The zero-order valence-corrected chi connectivity index (χ0v) is 42.8. The molecule has 386 valence electrons. The van der Waals surface area contributed by atoms with Gasteiger partial charge in [0, 0.05) is 49.2 Å². The van der Waals surface area contributed by atoms with Crippen LogP contribution in [0, 0.1) is 24.0 Å². The number of fused-ring (bicyclic) bond motifs is 2. The molecule has 18 heteroatoms. The molecule has 0 radical (unpaired) electrons. The van der Waals surface area contributed by atoms with Crippen molar-refractivity contribution in [1.82, 2.24) is 24.8 Å². The second-order valence-electron chi connectivity index (χ2n) is 21.6. The smallest absolute Gasteiger partial charge is 0.417 e. The van der Waals surface area contributed by atoms with Gasteiger partial charge >= 0.3 is 18.3 Å². The summed E-state index contributed by atoms with van der Waals surface area (Å²) in [6, 6.07) is 13.3. The Kier molecular flexibility index (Phi) is 13.2. The number of benzene rings is 3. The number of halogens is 5. The first kappa shape index (κ1) is 50.8. The summed E-state index contributed by atoms with van der Waals surface area (Å²) < 4.78 is 112. The van der Waals surface area contributed by atoms with Crippen LogP contribution in [0.5, 0.6) is 23.4 Å². The highest BCUT2D eigenvalue weighted by molar-refractivity contribution is 5.98. The minimum atomic E-state index is -5.17. The van der Waals surface area contributed by atoms with Crippen LogP contribution in [0.25, 0.3) is 22.2 Å². The van der Waals surface area contributed by atoms with Gasteiger partial charge in [-0.2, -0.15) is 23.1 Å². The maximum atomic E-state index is 18.1. The average Bonchev–Trinajstić information content (AvgIpc) is 4.23. The lowest BCUT2D eigenvalue weighted by Crippen LogP contribution is -2.68. The normalized spacial score (nSPS) is 21.9. The molecule has 3 aliphatic heterocycles. The zero-order chi connectivity index (χ0) is 51.8. The van der Waals surface area contributed by atoms with E-state index in [-0.39, 0.29) is 71.5 Å². The predicted octanol–water partition coefficient (Wildman–Crippen LogP) is 11.1. The van der Waals surface area contributed by atoms with Gasteiger partial charge in [-0.25, -0.2) is 18.6 Å². The first-order valence-electron chi connectivity index (χ1n) is 24.6. The number of nitrogens with zero attached hydrogens (tertiary/aromatic N) is 7. The molecule has 5 aromatic rings. The molecule has 0 spiro atoms. The minimum absolute atomic E-state index is 0.0333. The summed E-state index contributed by atoms with van der Waals surface area (Å²) in [4.78, 5) is 35.9. The van der Waals surface area contributed by atoms with E-state index in [4.69, 9.17) is 28.7 Å². The molecule has 5 atom stereocenters. The molecule has 1 unspecified atom stereocenters. The van der Waals surface area contributed by atoms with Crippen molar-refractivity contribution >= 4 is 28.5 Å². The van der Waals surface area contributed by atoms with Crippen LogP contribution in [0.1, 0.15) is 96.9 Å². The molecule has 2 aromatic heterocycles. The first-order chi connectivity index (χ1) is 33.9. The Hall–Kier alpha value is -6.17. The molecule has 72 heavy (non-hydrogen) atoms. The van der Waals surface area contributed by atoms with E-state index in [0.717, 1.165) is 38.9 Å². The van der Waals surface area contributed by atoms with E-state index in [1.165, 1.54) is 14.2 Å². The lowest BCUT2D eigenvalue weighted by atomic mass is 9.93. The Bertz CT molecular complexity index is 2800. The van der Waals surface area contributed by atoms with Crippen molar-refractivity contribution in [3.05, 3.63) is 88.5 Å². The summed E-state index contributed by atoms with van der Waals surface area (Å²) in [7, 11) is 3.06. The van der Waals surface area contributed by atoms with Crippen LogP contribution < -0.4 is 28.7 Å². The fourth-order valence-electron chi connectivity index (χ4n) is 10.4. The summed E-state index contributed by atoms with van der Waals surface area (Å²) in [5, 5.41) is 0.0333.